The second-order valence-electron chi connectivity index (χ2n) is 6.57. The highest BCUT2D eigenvalue weighted by Crippen LogP contribution is 2.26. The lowest BCUT2D eigenvalue weighted by Gasteiger charge is -2.40. The Hall–Kier alpha value is -2.81. The van der Waals surface area contributed by atoms with Gasteiger partial charge in [-0.05, 0) is 24.6 Å². The van der Waals surface area contributed by atoms with Gasteiger partial charge in [-0.15, -0.1) is 0 Å². The SMILES string of the molecule is Cc1cccc(OC[C@H](O)CN2C(N)=N[C@H]3[C@H]2C(=O)N(C)C(=O)N3C)c1. The molecule has 1 saturated heterocycles. The Morgan fingerprint density at radius 2 is 2.08 bits per heavy atom. The molecule has 1 aromatic rings. The lowest BCUT2D eigenvalue weighted by molar-refractivity contribution is -0.136. The third kappa shape index (κ3) is 3.17. The molecule has 3 atom stereocenters. The highest BCUT2D eigenvalue weighted by molar-refractivity contribution is 6.03. The lowest BCUT2D eigenvalue weighted by atomic mass is 10.1. The standard InChI is InChI=1S/C17H23N5O4/c1-10-5-4-6-12(7-10)26-9-11(23)8-22-13-14(19-16(22)18)20(2)17(25)21(3)15(13)24/h4-7,11,13-14,23H,8-9H2,1-3H3,(H2,18,19)/t11-,13+,14-/m1/s1. The zero-order valence-electron chi connectivity index (χ0n) is 15.0. The Morgan fingerprint density at radius 1 is 1.35 bits per heavy atom. The molecule has 1 aromatic carbocycles. The normalized spacial score (nSPS) is 23.8. The van der Waals surface area contributed by atoms with Gasteiger partial charge in [0.1, 0.15) is 18.5 Å². The number of likely N-dealkylation sites (N-methyl/N-ethyl adjacent to an activating group) is 2. The fraction of sp³-hybridized carbons (Fsp3) is 0.471. The van der Waals surface area contributed by atoms with Crippen LogP contribution in [0.5, 0.6) is 5.75 Å². The second kappa shape index (κ2) is 6.83. The summed E-state index contributed by atoms with van der Waals surface area (Å²) in [5, 5.41) is 10.3. The maximum atomic E-state index is 12.5. The maximum absolute atomic E-state index is 12.5. The molecule has 0 unspecified atom stereocenters. The number of nitrogens with two attached hydrogens (primary N) is 1. The number of aliphatic imine (C=N–C) groups is 1. The van der Waals surface area contributed by atoms with Crippen LogP contribution in [0, 0.1) is 6.92 Å². The molecule has 0 aliphatic carbocycles. The number of hydrogen-bond acceptors (Lipinski definition) is 7. The van der Waals surface area contributed by atoms with Crippen LogP contribution in [0.2, 0.25) is 0 Å². The molecular formula is C17H23N5O4. The van der Waals surface area contributed by atoms with Gasteiger partial charge < -0.3 is 25.4 Å². The monoisotopic (exact) mass is 361 g/mol. The summed E-state index contributed by atoms with van der Waals surface area (Å²) in [4.78, 5) is 32.7. The summed E-state index contributed by atoms with van der Waals surface area (Å²) in [5.74, 6) is 0.385. The van der Waals surface area contributed by atoms with Gasteiger partial charge in [-0.1, -0.05) is 12.1 Å². The van der Waals surface area contributed by atoms with E-state index in [1.807, 2.05) is 31.2 Å². The van der Waals surface area contributed by atoms with E-state index in [0.29, 0.717) is 5.75 Å². The van der Waals surface area contributed by atoms with E-state index in [4.69, 9.17) is 10.5 Å². The quantitative estimate of drug-likeness (QED) is 0.737. The minimum Gasteiger partial charge on any atom is -0.491 e. The highest BCUT2D eigenvalue weighted by Gasteiger charge is 2.50. The number of fused-ring (bicyclic) bond motifs is 1. The fourth-order valence-corrected chi connectivity index (χ4v) is 3.17. The van der Waals surface area contributed by atoms with Gasteiger partial charge in [-0.3, -0.25) is 9.69 Å². The van der Waals surface area contributed by atoms with Gasteiger partial charge in [0.05, 0.1) is 6.54 Å². The third-order valence-corrected chi connectivity index (χ3v) is 4.59. The largest absolute Gasteiger partial charge is 0.491 e. The molecule has 0 saturated carbocycles. The molecule has 3 rings (SSSR count). The molecule has 3 N–H and O–H groups in total. The zero-order valence-corrected chi connectivity index (χ0v) is 15.0. The molecule has 0 radical (unpaired) electrons. The predicted molar refractivity (Wildman–Crippen MR) is 94.5 cm³/mol. The molecule has 0 aromatic heterocycles. The molecule has 2 aliphatic rings. The van der Waals surface area contributed by atoms with Crippen LogP contribution in [0.15, 0.2) is 29.3 Å². The van der Waals surface area contributed by atoms with E-state index in [0.717, 1.165) is 10.5 Å². The Bertz CT molecular complexity index is 752. The van der Waals surface area contributed by atoms with Crippen molar-refractivity contribution in [3.8, 4) is 5.75 Å². The van der Waals surface area contributed by atoms with Crippen molar-refractivity contribution in [2.75, 3.05) is 27.2 Å². The van der Waals surface area contributed by atoms with Gasteiger partial charge in [0.2, 0.25) is 0 Å². The van der Waals surface area contributed by atoms with Crippen molar-refractivity contribution in [1.82, 2.24) is 14.7 Å². The molecule has 2 heterocycles. The van der Waals surface area contributed by atoms with E-state index in [1.165, 1.54) is 16.8 Å². The number of carbonyl (C=O) groups excluding carboxylic acids is 2. The summed E-state index contributed by atoms with van der Waals surface area (Å²) in [6.45, 7) is 2.07. The van der Waals surface area contributed by atoms with Gasteiger partial charge in [0.25, 0.3) is 5.91 Å². The van der Waals surface area contributed by atoms with Crippen LogP contribution < -0.4 is 10.5 Å². The summed E-state index contributed by atoms with van der Waals surface area (Å²) in [7, 11) is 2.99. The summed E-state index contributed by atoms with van der Waals surface area (Å²) < 4.78 is 5.60. The first kappa shape index (κ1) is 18.0. The van der Waals surface area contributed by atoms with E-state index in [9.17, 15) is 14.7 Å². The Balaban J connectivity index is 1.66. The second-order valence-corrected chi connectivity index (χ2v) is 6.57. The van der Waals surface area contributed by atoms with Crippen molar-refractivity contribution < 1.29 is 19.4 Å². The molecule has 2 aliphatic heterocycles. The van der Waals surface area contributed by atoms with Crippen molar-refractivity contribution in [3.05, 3.63) is 29.8 Å². The Kier molecular flexibility index (Phi) is 4.73. The molecule has 26 heavy (non-hydrogen) atoms. The van der Waals surface area contributed by atoms with Crippen LogP contribution in [-0.2, 0) is 4.79 Å². The van der Waals surface area contributed by atoms with Crippen molar-refractivity contribution in [2.24, 2.45) is 10.7 Å². The summed E-state index contributed by atoms with van der Waals surface area (Å²) in [6.07, 6.45) is -1.57. The van der Waals surface area contributed by atoms with E-state index >= 15 is 0 Å². The number of amides is 3. The highest BCUT2D eigenvalue weighted by atomic mass is 16.5. The average molecular weight is 361 g/mol. The molecule has 0 bridgehead atoms. The molecule has 3 amide bonds. The number of β-amino-alcohol motifs (C(OH)–C–C–N with tert-alkyl or cyclic N) is 1. The van der Waals surface area contributed by atoms with E-state index in [1.54, 1.807) is 7.05 Å². The van der Waals surface area contributed by atoms with Crippen LogP contribution in [-0.4, -0.2) is 83.3 Å². The van der Waals surface area contributed by atoms with Crippen LogP contribution >= 0.6 is 0 Å². The van der Waals surface area contributed by atoms with Crippen molar-refractivity contribution in [3.63, 3.8) is 0 Å². The van der Waals surface area contributed by atoms with Crippen molar-refractivity contribution in [1.29, 1.82) is 0 Å². The van der Waals surface area contributed by atoms with Crippen LogP contribution in [0.4, 0.5) is 4.79 Å². The first-order valence-corrected chi connectivity index (χ1v) is 8.31. The number of nitrogens with zero attached hydrogens (tertiary/aromatic N) is 4. The number of ether oxygens (including phenoxy) is 1. The van der Waals surface area contributed by atoms with Crippen LogP contribution in [0.1, 0.15) is 5.56 Å². The smallest absolute Gasteiger partial charge is 0.328 e. The van der Waals surface area contributed by atoms with Crippen molar-refractivity contribution in [2.45, 2.75) is 25.2 Å². The number of carbonyl (C=O) groups is 2. The number of aliphatic hydroxyl groups excluding tert-OH is 1. The molecule has 1 fully saturated rings. The lowest BCUT2D eigenvalue weighted by Crippen LogP contribution is -2.65. The Morgan fingerprint density at radius 3 is 2.77 bits per heavy atom. The fourth-order valence-electron chi connectivity index (χ4n) is 3.17. The first-order valence-electron chi connectivity index (χ1n) is 8.31. The molecule has 0 spiro atoms. The predicted octanol–water partition coefficient (Wildman–Crippen LogP) is -0.416. The van der Waals surface area contributed by atoms with Gasteiger partial charge in [-0.2, -0.15) is 0 Å². The Labute approximate surface area is 151 Å². The number of aliphatic hydroxyl groups is 1. The maximum Gasteiger partial charge on any atom is 0.328 e. The van der Waals surface area contributed by atoms with E-state index in [-0.39, 0.29) is 19.1 Å². The number of aryl methyl sites for hydroxylation is 1. The number of guanidine groups is 1. The van der Waals surface area contributed by atoms with E-state index in [2.05, 4.69) is 4.99 Å². The third-order valence-electron chi connectivity index (χ3n) is 4.59. The molecular weight excluding hydrogens is 338 g/mol. The van der Waals surface area contributed by atoms with Gasteiger partial charge in [0.15, 0.2) is 18.2 Å². The average Bonchev–Trinajstić information content (AvgIpc) is 2.93. The van der Waals surface area contributed by atoms with Crippen LogP contribution in [0.25, 0.3) is 0 Å². The number of imide groups is 1. The topological polar surface area (TPSA) is 112 Å². The van der Waals surface area contributed by atoms with Crippen molar-refractivity contribution >= 4 is 17.9 Å². The number of hydrogen-bond donors (Lipinski definition) is 2. The molecule has 9 heteroatoms. The summed E-state index contributed by atoms with van der Waals surface area (Å²) >= 11 is 0. The number of benzene rings is 1. The minimum atomic E-state index is -0.885. The molecule has 9 nitrogen and oxygen atoms in total. The zero-order chi connectivity index (χ0) is 19.0. The molecule has 140 valence electrons. The minimum absolute atomic E-state index is 0.0451. The van der Waals surface area contributed by atoms with Gasteiger partial charge >= 0.3 is 6.03 Å². The van der Waals surface area contributed by atoms with Gasteiger partial charge in [0, 0.05) is 14.1 Å². The van der Waals surface area contributed by atoms with E-state index < -0.39 is 30.2 Å². The number of urea groups is 1. The van der Waals surface area contributed by atoms with Gasteiger partial charge in [-0.25, -0.2) is 9.79 Å². The summed E-state index contributed by atoms with van der Waals surface area (Å²) in [5.41, 5.74) is 7.00. The first-order chi connectivity index (χ1) is 12.3. The van der Waals surface area contributed by atoms with Crippen LogP contribution in [0.3, 0.4) is 0 Å². The summed E-state index contributed by atoms with van der Waals surface area (Å²) in [6, 6.07) is 6.33. The number of rotatable bonds is 5.